The maximum absolute atomic E-state index is 11.4. The lowest BCUT2D eigenvalue weighted by Crippen LogP contribution is -2.45. The molecule has 1 fully saturated rings. The van der Waals surface area contributed by atoms with E-state index in [9.17, 15) is 4.79 Å². The van der Waals surface area contributed by atoms with E-state index in [2.05, 4.69) is 43.4 Å². The summed E-state index contributed by atoms with van der Waals surface area (Å²) in [5.74, 6) is -0.0846. The predicted molar refractivity (Wildman–Crippen MR) is 85.7 cm³/mol. The van der Waals surface area contributed by atoms with Crippen LogP contribution in [-0.4, -0.2) is 30.5 Å². The summed E-state index contributed by atoms with van der Waals surface area (Å²) < 4.78 is 5.88. The minimum absolute atomic E-state index is 0.0208. The van der Waals surface area contributed by atoms with E-state index in [0.29, 0.717) is 6.54 Å². The summed E-state index contributed by atoms with van der Waals surface area (Å²) in [5, 5.41) is 2.89. The van der Waals surface area contributed by atoms with Crippen LogP contribution in [0.4, 0.5) is 0 Å². The van der Waals surface area contributed by atoms with Gasteiger partial charge in [0.15, 0.2) is 0 Å². The molecule has 1 saturated heterocycles. The number of alkyl halides is 1. The Bertz CT molecular complexity index is 475. The average Bonchev–Trinajstić information content (AvgIpc) is 2.47. The molecule has 1 aromatic carbocycles. The fraction of sp³-hybridized carbons (Fsp3) is 0.588. The van der Waals surface area contributed by atoms with E-state index < -0.39 is 0 Å². The van der Waals surface area contributed by atoms with Crippen molar-refractivity contribution >= 4 is 17.5 Å². The highest BCUT2D eigenvalue weighted by Gasteiger charge is 2.41. The first-order valence-electron chi connectivity index (χ1n) is 7.50. The van der Waals surface area contributed by atoms with Crippen molar-refractivity contribution in [1.82, 2.24) is 5.32 Å². The lowest BCUT2D eigenvalue weighted by Gasteiger charge is -2.45. The van der Waals surface area contributed by atoms with Gasteiger partial charge < -0.3 is 10.1 Å². The van der Waals surface area contributed by atoms with Gasteiger partial charge in [0.25, 0.3) is 0 Å². The zero-order valence-corrected chi connectivity index (χ0v) is 13.6. The van der Waals surface area contributed by atoms with Crippen molar-refractivity contribution in [3.05, 3.63) is 35.9 Å². The molecule has 1 heterocycles. The first-order chi connectivity index (χ1) is 9.97. The second-order valence-electron chi connectivity index (χ2n) is 6.41. The highest BCUT2D eigenvalue weighted by molar-refractivity contribution is 6.27. The van der Waals surface area contributed by atoms with Crippen LogP contribution in [0.1, 0.15) is 38.7 Å². The number of halogens is 1. The zero-order chi connectivity index (χ0) is 15.3. The van der Waals surface area contributed by atoms with Gasteiger partial charge in [0.2, 0.25) is 5.91 Å². The molecule has 0 bridgehead atoms. The van der Waals surface area contributed by atoms with Crippen LogP contribution < -0.4 is 5.32 Å². The standard InChI is InChI=1S/C17H24ClNO2/c1-16(2)13-17(9-11-21-16,8-10-19-15(20)12-18)14-6-4-3-5-7-14/h3-7H,8-13H2,1-2H3,(H,19,20)/t17-/m0/s1. The average molecular weight is 310 g/mol. The normalized spacial score (nSPS) is 24.5. The van der Waals surface area contributed by atoms with Crippen molar-refractivity contribution < 1.29 is 9.53 Å². The number of carbonyl (C=O) groups is 1. The number of hydrogen-bond donors (Lipinski definition) is 1. The van der Waals surface area contributed by atoms with Gasteiger partial charge in [0.05, 0.1) is 5.60 Å². The third-order valence-corrected chi connectivity index (χ3v) is 4.51. The van der Waals surface area contributed by atoms with Crippen LogP contribution >= 0.6 is 11.6 Å². The molecule has 1 N–H and O–H groups in total. The van der Waals surface area contributed by atoms with E-state index >= 15 is 0 Å². The smallest absolute Gasteiger partial charge is 0.234 e. The lowest BCUT2D eigenvalue weighted by atomic mass is 9.67. The Balaban J connectivity index is 2.16. The molecular weight excluding hydrogens is 286 g/mol. The Morgan fingerprint density at radius 2 is 2.05 bits per heavy atom. The van der Waals surface area contributed by atoms with Crippen LogP contribution in [0, 0.1) is 0 Å². The molecule has 0 unspecified atom stereocenters. The Kier molecular flexibility index (Phi) is 5.28. The van der Waals surface area contributed by atoms with E-state index in [-0.39, 0.29) is 22.8 Å². The molecule has 0 saturated carbocycles. The number of amides is 1. The largest absolute Gasteiger partial charge is 0.376 e. The fourth-order valence-corrected chi connectivity index (χ4v) is 3.46. The van der Waals surface area contributed by atoms with Crippen LogP contribution in [0.3, 0.4) is 0 Å². The summed E-state index contributed by atoms with van der Waals surface area (Å²) >= 11 is 5.54. The molecule has 0 radical (unpaired) electrons. The second-order valence-corrected chi connectivity index (χ2v) is 6.68. The highest BCUT2D eigenvalue weighted by Crippen LogP contribution is 2.43. The molecule has 1 atom stereocenters. The first kappa shape index (κ1) is 16.3. The topological polar surface area (TPSA) is 38.3 Å². The van der Waals surface area contributed by atoms with Gasteiger partial charge in [-0.3, -0.25) is 4.79 Å². The third kappa shape index (κ3) is 4.21. The molecule has 0 spiro atoms. The number of rotatable bonds is 5. The van der Waals surface area contributed by atoms with Crippen molar-refractivity contribution in [1.29, 1.82) is 0 Å². The van der Waals surface area contributed by atoms with Crippen molar-refractivity contribution in [2.75, 3.05) is 19.0 Å². The van der Waals surface area contributed by atoms with E-state index in [0.717, 1.165) is 25.9 Å². The summed E-state index contributed by atoms with van der Waals surface area (Å²) in [4.78, 5) is 11.4. The summed E-state index contributed by atoms with van der Waals surface area (Å²) in [6.07, 6.45) is 2.85. The van der Waals surface area contributed by atoms with Crippen molar-refractivity contribution in [2.45, 2.75) is 44.1 Å². The van der Waals surface area contributed by atoms with Crippen LogP contribution in [0.15, 0.2) is 30.3 Å². The summed E-state index contributed by atoms with van der Waals surface area (Å²) in [5.41, 5.74) is 1.26. The van der Waals surface area contributed by atoms with Gasteiger partial charge in [-0.25, -0.2) is 0 Å². The van der Waals surface area contributed by atoms with Crippen LogP contribution in [-0.2, 0) is 14.9 Å². The van der Waals surface area contributed by atoms with Gasteiger partial charge >= 0.3 is 0 Å². The fourth-order valence-electron chi connectivity index (χ4n) is 3.36. The second kappa shape index (κ2) is 6.80. The number of ether oxygens (including phenoxy) is 1. The molecule has 1 aromatic rings. The van der Waals surface area contributed by atoms with Crippen LogP contribution in [0.25, 0.3) is 0 Å². The minimum Gasteiger partial charge on any atom is -0.376 e. The molecule has 1 aliphatic rings. The van der Waals surface area contributed by atoms with Gasteiger partial charge in [0, 0.05) is 18.6 Å². The molecule has 0 aromatic heterocycles. The van der Waals surface area contributed by atoms with Gasteiger partial charge in [-0.1, -0.05) is 30.3 Å². The Hall–Kier alpha value is -1.06. The van der Waals surface area contributed by atoms with Crippen molar-refractivity contribution in [3.63, 3.8) is 0 Å². The molecular formula is C17H24ClNO2. The van der Waals surface area contributed by atoms with Crippen LogP contribution in [0.5, 0.6) is 0 Å². The minimum atomic E-state index is -0.134. The summed E-state index contributed by atoms with van der Waals surface area (Å²) in [6, 6.07) is 10.6. The molecule has 116 valence electrons. The quantitative estimate of drug-likeness (QED) is 0.848. The predicted octanol–water partition coefficient (Wildman–Crippen LogP) is 3.26. The van der Waals surface area contributed by atoms with E-state index in [1.807, 2.05) is 6.07 Å². The van der Waals surface area contributed by atoms with Gasteiger partial charge in [-0.2, -0.15) is 0 Å². The Labute approximate surface area is 132 Å². The monoisotopic (exact) mass is 309 g/mol. The SMILES string of the molecule is CC1(C)C[C@@](CCNC(=O)CCl)(c2ccccc2)CCO1. The molecule has 3 nitrogen and oxygen atoms in total. The van der Waals surface area contributed by atoms with E-state index in [1.165, 1.54) is 5.56 Å². The van der Waals surface area contributed by atoms with Gasteiger partial charge in [-0.05, 0) is 38.7 Å². The molecule has 2 rings (SSSR count). The number of hydrogen-bond acceptors (Lipinski definition) is 2. The highest BCUT2D eigenvalue weighted by atomic mass is 35.5. The van der Waals surface area contributed by atoms with Crippen LogP contribution in [0.2, 0.25) is 0 Å². The molecule has 1 amide bonds. The number of carbonyl (C=O) groups excluding carboxylic acids is 1. The molecule has 1 aliphatic heterocycles. The van der Waals surface area contributed by atoms with E-state index in [1.54, 1.807) is 0 Å². The number of benzene rings is 1. The van der Waals surface area contributed by atoms with Crippen molar-refractivity contribution in [3.8, 4) is 0 Å². The number of nitrogens with one attached hydrogen (secondary N) is 1. The summed E-state index contributed by atoms with van der Waals surface area (Å²) in [7, 11) is 0. The zero-order valence-electron chi connectivity index (χ0n) is 12.8. The molecule has 0 aliphatic carbocycles. The molecule has 4 heteroatoms. The molecule has 21 heavy (non-hydrogen) atoms. The van der Waals surface area contributed by atoms with Gasteiger partial charge in [0.1, 0.15) is 5.88 Å². The summed E-state index contributed by atoms with van der Waals surface area (Å²) in [6.45, 7) is 5.68. The maximum Gasteiger partial charge on any atom is 0.234 e. The Morgan fingerprint density at radius 1 is 1.33 bits per heavy atom. The van der Waals surface area contributed by atoms with Gasteiger partial charge in [-0.15, -0.1) is 11.6 Å². The Morgan fingerprint density at radius 3 is 2.67 bits per heavy atom. The third-order valence-electron chi connectivity index (χ3n) is 4.27. The lowest BCUT2D eigenvalue weighted by molar-refractivity contribution is -0.118. The maximum atomic E-state index is 11.4. The van der Waals surface area contributed by atoms with E-state index in [4.69, 9.17) is 16.3 Å². The van der Waals surface area contributed by atoms with Crippen molar-refractivity contribution in [2.24, 2.45) is 0 Å². The first-order valence-corrected chi connectivity index (χ1v) is 8.03.